The van der Waals surface area contributed by atoms with Crippen LogP contribution in [0.3, 0.4) is 0 Å². The molecular formula is C25H25FN4O4S. The summed E-state index contributed by atoms with van der Waals surface area (Å²) in [5.74, 6) is 0.706. The van der Waals surface area contributed by atoms with E-state index >= 15 is 4.39 Å². The molecule has 3 aliphatic rings. The standard InChI is InChI=1S/C25H25FN4O4S/c26-19-6-2-5-18-20-22(28-7-11-33-12-8-28)25(29-9-13-34-14-10-29)27-21(24(20)35-23(18)19)16-3-1-4-17(15-16)30(31)32/h1-6,15,21,27H,7-14H2. The molecule has 0 aliphatic carbocycles. The molecule has 1 aromatic heterocycles. The first kappa shape index (κ1) is 22.3. The highest BCUT2D eigenvalue weighted by molar-refractivity contribution is 7.19. The number of benzene rings is 2. The van der Waals surface area contributed by atoms with E-state index in [9.17, 15) is 10.1 Å². The molecule has 1 atom stereocenters. The zero-order chi connectivity index (χ0) is 23.9. The van der Waals surface area contributed by atoms with E-state index in [-0.39, 0.29) is 22.5 Å². The molecule has 4 heterocycles. The van der Waals surface area contributed by atoms with E-state index in [4.69, 9.17) is 9.47 Å². The Morgan fingerprint density at radius 3 is 2.40 bits per heavy atom. The van der Waals surface area contributed by atoms with Crippen molar-refractivity contribution in [2.24, 2.45) is 0 Å². The normalized spacial score (nSPS) is 20.7. The summed E-state index contributed by atoms with van der Waals surface area (Å²) in [5, 5.41) is 16.1. The smallest absolute Gasteiger partial charge is 0.269 e. The Bertz CT molecular complexity index is 1310. The summed E-state index contributed by atoms with van der Waals surface area (Å²) in [6, 6.07) is 11.6. The maximum atomic E-state index is 15.0. The minimum absolute atomic E-state index is 0.0361. The molecule has 2 aromatic carbocycles. The number of non-ortho nitro benzene ring substituents is 1. The van der Waals surface area contributed by atoms with Crippen LogP contribution in [0.4, 0.5) is 10.1 Å². The molecule has 0 saturated carbocycles. The van der Waals surface area contributed by atoms with Gasteiger partial charge in [0.2, 0.25) is 0 Å². The number of hydrogen-bond donors (Lipinski definition) is 1. The second kappa shape index (κ2) is 9.10. The fourth-order valence-electron chi connectivity index (χ4n) is 5.12. The predicted molar refractivity (Wildman–Crippen MR) is 132 cm³/mol. The van der Waals surface area contributed by atoms with Crippen LogP contribution in [0.25, 0.3) is 15.8 Å². The average molecular weight is 497 g/mol. The predicted octanol–water partition coefficient (Wildman–Crippen LogP) is 3.93. The molecule has 182 valence electrons. The maximum absolute atomic E-state index is 15.0. The molecule has 3 aliphatic heterocycles. The van der Waals surface area contributed by atoms with Gasteiger partial charge in [0.15, 0.2) is 0 Å². The summed E-state index contributed by atoms with van der Waals surface area (Å²) < 4.78 is 26.9. The van der Waals surface area contributed by atoms with Gasteiger partial charge in [0.25, 0.3) is 5.69 Å². The van der Waals surface area contributed by atoms with Crippen molar-refractivity contribution in [1.29, 1.82) is 0 Å². The van der Waals surface area contributed by atoms with E-state index in [0.29, 0.717) is 31.1 Å². The van der Waals surface area contributed by atoms with E-state index < -0.39 is 0 Å². The molecule has 3 aromatic rings. The number of nitro groups is 1. The van der Waals surface area contributed by atoms with Crippen LogP contribution in [0, 0.1) is 15.9 Å². The quantitative estimate of drug-likeness (QED) is 0.433. The first-order chi connectivity index (χ1) is 17.1. The molecule has 0 spiro atoms. The number of fused-ring (bicyclic) bond motifs is 3. The van der Waals surface area contributed by atoms with Gasteiger partial charge in [-0.2, -0.15) is 0 Å². The molecule has 2 saturated heterocycles. The van der Waals surface area contributed by atoms with Gasteiger partial charge in [-0.25, -0.2) is 4.39 Å². The fraction of sp³-hybridized carbons (Fsp3) is 0.360. The fourth-order valence-corrected chi connectivity index (χ4v) is 6.40. The van der Waals surface area contributed by atoms with E-state index in [1.54, 1.807) is 18.2 Å². The van der Waals surface area contributed by atoms with Crippen LogP contribution in [0.15, 0.2) is 48.3 Å². The first-order valence-electron chi connectivity index (χ1n) is 11.7. The minimum atomic E-state index is -0.379. The number of rotatable bonds is 4. The summed E-state index contributed by atoms with van der Waals surface area (Å²) in [5.41, 5.74) is 2.86. The second-order valence-electron chi connectivity index (χ2n) is 8.78. The number of nitrogens with zero attached hydrogens (tertiary/aromatic N) is 3. The molecule has 1 unspecified atom stereocenters. The van der Waals surface area contributed by atoms with Crippen molar-refractivity contribution in [3.8, 4) is 0 Å². The Morgan fingerprint density at radius 1 is 1.00 bits per heavy atom. The summed E-state index contributed by atoms with van der Waals surface area (Å²) in [6.07, 6.45) is 0. The number of halogens is 1. The van der Waals surface area contributed by atoms with Crippen molar-refractivity contribution in [1.82, 2.24) is 15.1 Å². The summed E-state index contributed by atoms with van der Waals surface area (Å²) >= 11 is 1.42. The van der Waals surface area contributed by atoms with Crippen molar-refractivity contribution in [3.05, 3.63) is 80.2 Å². The monoisotopic (exact) mass is 496 g/mol. The number of morpholine rings is 2. The second-order valence-corrected chi connectivity index (χ2v) is 9.84. The number of thiophene rings is 1. The van der Waals surface area contributed by atoms with E-state index in [1.807, 2.05) is 12.1 Å². The van der Waals surface area contributed by atoms with Crippen LogP contribution in [0.5, 0.6) is 0 Å². The summed E-state index contributed by atoms with van der Waals surface area (Å²) in [7, 11) is 0. The average Bonchev–Trinajstić information content (AvgIpc) is 3.30. The van der Waals surface area contributed by atoms with Crippen molar-refractivity contribution >= 4 is 32.8 Å². The molecule has 0 bridgehead atoms. The number of ether oxygens (including phenoxy) is 2. The van der Waals surface area contributed by atoms with Crippen LogP contribution in [-0.4, -0.2) is 67.3 Å². The first-order valence-corrected chi connectivity index (χ1v) is 12.6. The van der Waals surface area contributed by atoms with E-state index in [0.717, 1.165) is 59.1 Å². The SMILES string of the molecule is O=[N+]([O-])c1cccc(C2NC(N3CCOCC3)=C(N3CCOCC3)c3c2sc2c(F)cccc32)c1. The Morgan fingerprint density at radius 2 is 1.69 bits per heavy atom. The molecule has 2 fully saturated rings. The van der Waals surface area contributed by atoms with Gasteiger partial charge in [0.1, 0.15) is 11.6 Å². The van der Waals surface area contributed by atoms with Crippen LogP contribution in [-0.2, 0) is 9.47 Å². The Kier molecular flexibility index (Phi) is 5.79. The Balaban J connectivity index is 1.60. The Hall–Kier alpha value is -3.21. The lowest BCUT2D eigenvalue weighted by molar-refractivity contribution is -0.384. The molecule has 0 radical (unpaired) electrons. The van der Waals surface area contributed by atoms with Crippen molar-refractivity contribution < 1.29 is 18.8 Å². The van der Waals surface area contributed by atoms with Gasteiger partial charge in [0, 0.05) is 54.1 Å². The lowest BCUT2D eigenvalue weighted by Gasteiger charge is -2.42. The molecule has 35 heavy (non-hydrogen) atoms. The third kappa shape index (κ3) is 3.91. The molecule has 10 heteroatoms. The maximum Gasteiger partial charge on any atom is 0.269 e. The number of hydrogen-bond acceptors (Lipinski definition) is 8. The highest BCUT2D eigenvalue weighted by Crippen LogP contribution is 2.48. The topological polar surface area (TPSA) is 80.1 Å². The summed E-state index contributed by atoms with van der Waals surface area (Å²) in [6.45, 7) is 5.41. The van der Waals surface area contributed by atoms with Crippen molar-refractivity contribution in [2.45, 2.75) is 6.04 Å². The molecule has 8 nitrogen and oxygen atoms in total. The highest BCUT2D eigenvalue weighted by Gasteiger charge is 2.37. The third-order valence-electron chi connectivity index (χ3n) is 6.77. The molecular weight excluding hydrogens is 471 g/mol. The summed E-state index contributed by atoms with van der Waals surface area (Å²) in [4.78, 5) is 16.7. The number of nitro benzene ring substituents is 1. The largest absolute Gasteiger partial charge is 0.378 e. The van der Waals surface area contributed by atoms with Crippen LogP contribution >= 0.6 is 11.3 Å². The molecule has 1 N–H and O–H groups in total. The van der Waals surface area contributed by atoms with Gasteiger partial charge in [-0.3, -0.25) is 10.1 Å². The van der Waals surface area contributed by atoms with Crippen LogP contribution in [0.1, 0.15) is 22.0 Å². The van der Waals surface area contributed by atoms with E-state index in [2.05, 4.69) is 15.1 Å². The highest BCUT2D eigenvalue weighted by atomic mass is 32.1. The van der Waals surface area contributed by atoms with Gasteiger partial charge in [-0.05, 0) is 11.6 Å². The lowest BCUT2D eigenvalue weighted by atomic mass is 9.94. The third-order valence-corrected chi connectivity index (χ3v) is 8.05. The molecule has 6 rings (SSSR count). The van der Waals surface area contributed by atoms with Crippen LogP contribution in [0.2, 0.25) is 0 Å². The van der Waals surface area contributed by atoms with E-state index in [1.165, 1.54) is 23.5 Å². The van der Waals surface area contributed by atoms with Gasteiger partial charge >= 0.3 is 0 Å². The zero-order valence-corrected chi connectivity index (χ0v) is 19.9. The Labute approximate surface area is 205 Å². The van der Waals surface area contributed by atoms with Crippen molar-refractivity contribution in [3.63, 3.8) is 0 Å². The van der Waals surface area contributed by atoms with Gasteiger partial charge < -0.3 is 24.6 Å². The lowest BCUT2D eigenvalue weighted by Crippen LogP contribution is -2.47. The van der Waals surface area contributed by atoms with Gasteiger partial charge in [-0.15, -0.1) is 11.3 Å². The van der Waals surface area contributed by atoms with Gasteiger partial charge in [0.05, 0.1) is 47.8 Å². The van der Waals surface area contributed by atoms with Gasteiger partial charge in [-0.1, -0.05) is 24.3 Å². The van der Waals surface area contributed by atoms with Crippen LogP contribution < -0.4 is 5.32 Å². The molecule has 0 amide bonds. The van der Waals surface area contributed by atoms with Crippen molar-refractivity contribution in [2.75, 3.05) is 52.6 Å². The zero-order valence-electron chi connectivity index (χ0n) is 19.0. The number of nitrogens with one attached hydrogen (secondary N) is 1. The minimum Gasteiger partial charge on any atom is -0.378 e.